The van der Waals surface area contributed by atoms with E-state index < -0.39 is 5.97 Å². The Morgan fingerprint density at radius 2 is 2.18 bits per heavy atom. The van der Waals surface area contributed by atoms with Gasteiger partial charge in [-0.25, -0.2) is 9.78 Å². The molecule has 17 heavy (non-hydrogen) atoms. The molecule has 2 aromatic rings. The Morgan fingerprint density at radius 3 is 2.88 bits per heavy atom. The molecule has 0 saturated heterocycles. The molecule has 1 heterocycles. The summed E-state index contributed by atoms with van der Waals surface area (Å²) in [4.78, 5) is 14.8. The van der Waals surface area contributed by atoms with Crippen molar-refractivity contribution in [2.45, 2.75) is 6.92 Å². The van der Waals surface area contributed by atoms with Crippen molar-refractivity contribution in [1.29, 1.82) is 0 Å². The summed E-state index contributed by atoms with van der Waals surface area (Å²) < 4.78 is 0. The average molecular weight is 248 g/mol. The number of pyridine rings is 1. The summed E-state index contributed by atoms with van der Waals surface area (Å²) in [6, 6.07) is 7.33. The largest absolute Gasteiger partial charge is 0.478 e. The third-order valence-corrected chi connectivity index (χ3v) is 2.63. The number of fused-ring (bicyclic) bond motifs is 1. The lowest BCUT2D eigenvalue weighted by Gasteiger charge is -2.03. The van der Waals surface area contributed by atoms with Gasteiger partial charge in [-0.3, -0.25) is 0 Å². The molecular formula is C13H10ClNO2. The van der Waals surface area contributed by atoms with Gasteiger partial charge in [0, 0.05) is 16.5 Å². The summed E-state index contributed by atoms with van der Waals surface area (Å²) in [5.74, 6) is -0.990. The average Bonchev–Trinajstić information content (AvgIpc) is 2.25. The van der Waals surface area contributed by atoms with Gasteiger partial charge < -0.3 is 5.11 Å². The summed E-state index contributed by atoms with van der Waals surface area (Å²) in [7, 11) is 0. The monoisotopic (exact) mass is 247 g/mol. The third-order valence-electron chi connectivity index (χ3n) is 2.40. The second-order valence-electron chi connectivity index (χ2n) is 3.70. The second kappa shape index (κ2) is 4.55. The van der Waals surface area contributed by atoms with Crippen molar-refractivity contribution in [3.8, 4) is 0 Å². The molecule has 0 bridgehead atoms. The molecule has 2 rings (SSSR count). The normalized spacial score (nSPS) is 11.2. The highest BCUT2D eigenvalue weighted by Crippen LogP contribution is 2.21. The number of carboxylic acid groups (broad SMARTS) is 1. The van der Waals surface area contributed by atoms with E-state index in [4.69, 9.17) is 16.7 Å². The van der Waals surface area contributed by atoms with Crippen molar-refractivity contribution in [3.05, 3.63) is 46.6 Å². The van der Waals surface area contributed by atoms with E-state index in [1.807, 2.05) is 25.1 Å². The maximum atomic E-state index is 10.4. The van der Waals surface area contributed by atoms with E-state index in [0.29, 0.717) is 10.7 Å². The Hall–Kier alpha value is -1.87. The minimum absolute atomic E-state index is 0.611. The van der Waals surface area contributed by atoms with E-state index in [9.17, 15) is 4.79 Å². The van der Waals surface area contributed by atoms with Gasteiger partial charge in [0.1, 0.15) is 0 Å². The predicted molar refractivity (Wildman–Crippen MR) is 68.2 cm³/mol. The van der Waals surface area contributed by atoms with Crippen molar-refractivity contribution >= 4 is 34.5 Å². The molecule has 0 amide bonds. The zero-order valence-electron chi connectivity index (χ0n) is 9.14. The van der Waals surface area contributed by atoms with Crippen molar-refractivity contribution in [1.82, 2.24) is 4.98 Å². The Labute approximate surface area is 103 Å². The number of aryl methyl sites for hydroxylation is 1. The van der Waals surface area contributed by atoms with Gasteiger partial charge in [-0.05, 0) is 36.8 Å². The van der Waals surface area contributed by atoms with Crippen LogP contribution in [0, 0.1) is 6.92 Å². The van der Waals surface area contributed by atoms with Crippen LogP contribution in [0.1, 0.15) is 11.3 Å². The fourth-order valence-corrected chi connectivity index (χ4v) is 1.81. The SMILES string of the molecule is Cc1cc(/C=C/C(=O)O)nc2cc(Cl)ccc12. The van der Waals surface area contributed by atoms with Crippen LogP contribution in [0.25, 0.3) is 17.0 Å². The Kier molecular flexibility index (Phi) is 3.11. The molecule has 0 fully saturated rings. The molecule has 86 valence electrons. The van der Waals surface area contributed by atoms with Crippen LogP contribution in [0.4, 0.5) is 0 Å². The molecule has 4 heteroatoms. The lowest BCUT2D eigenvalue weighted by molar-refractivity contribution is -0.131. The maximum Gasteiger partial charge on any atom is 0.328 e. The number of carboxylic acids is 1. The van der Waals surface area contributed by atoms with Gasteiger partial charge in [0.2, 0.25) is 0 Å². The topological polar surface area (TPSA) is 50.2 Å². The summed E-state index contributed by atoms with van der Waals surface area (Å²) >= 11 is 5.90. The number of hydrogen-bond acceptors (Lipinski definition) is 2. The number of carbonyl (C=O) groups is 1. The first-order valence-corrected chi connectivity index (χ1v) is 5.42. The van der Waals surface area contributed by atoms with E-state index in [1.165, 1.54) is 6.08 Å². The fraction of sp³-hybridized carbons (Fsp3) is 0.0769. The van der Waals surface area contributed by atoms with Crippen molar-refractivity contribution in [2.75, 3.05) is 0 Å². The minimum Gasteiger partial charge on any atom is -0.478 e. The van der Waals surface area contributed by atoms with Crippen LogP contribution < -0.4 is 0 Å². The van der Waals surface area contributed by atoms with E-state index in [-0.39, 0.29) is 0 Å². The lowest BCUT2D eigenvalue weighted by Crippen LogP contribution is -1.90. The predicted octanol–water partition coefficient (Wildman–Crippen LogP) is 3.29. The molecular weight excluding hydrogens is 238 g/mol. The van der Waals surface area contributed by atoms with Crippen molar-refractivity contribution in [2.24, 2.45) is 0 Å². The maximum absolute atomic E-state index is 10.4. The molecule has 0 aliphatic carbocycles. The van der Waals surface area contributed by atoms with Crippen molar-refractivity contribution in [3.63, 3.8) is 0 Å². The summed E-state index contributed by atoms with van der Waals surface area (Å²) in [5.41, 5.74) is 2.42. The molecule has 0 aliphatic heterocycles. The third kappa shape index (κ3) is 2.63. The van der Waals surface area contributed by atoms with E-state index in [0.717, 1.165) is 22.5 Å². The van der Waals surface area contributed by atoms with Gasteiger partial charge in [-0.2, -0.15) is 0 Å². The first-order chi connectivity index (χ1) is 8.06. The van der Waals surface area contributed by atoms with E-state index >= 15 is 0 Å². The van der Waals surface area contributed by atoms with Gasteiger partial charge in [0.05, 0.1) is 11.2 Å². The van der Waals surface area contributed by atoms with Crippen LogP contribution in [0.3, 0.4) is 0 Å². The second-order valence-corrected chi connectivity index (χ2v) is 4.13. The fourth-order valence-electron chi connectivity index (χ4n) is 1.64. The number of aliphatic carboxylic acids is 1. The van der Waals surface area contributed by atoms with Crippen LogP contribution in [-0.2, 0) is 4.79 Å². The highest BCUT2D eigenvalue weighted by molar-refractivity contribution is 6.31. The summed E-state index contributed by atoms with van der Waals surface area (Å²) in [6.45, 7) is 1.95. The van der Waals surface area contributed by atoms with Crippen LogP contribution in [0.15, 0.2) is 30.3 Å². The standard InChI is InChI=1S/C13H10ClNO2/c1-8-6-10(3-5-13(16)17)15-12-7-9(14)2-4-11(8)12/h2-7H,1H3,(H,16,17)/b5-3+. The van der Waals surface area contributed by atoms with Gasteiger partial charge in [-0.15, -0.1) is 0 Å². The Morgan fingerprint density at radius 1 is 1.41 bits per heavy atom. The quantitative estimate of drug-likeness (QED) is 0.829. The summed E-state index contributed by atoms with van der Waals surface area (Å²) in [5, 5.41) is 10.2. The van der Waals surface area contributed by atoms with E-state index in [1.54, 1.807) is 6.07 Å². The van der Waals surface area contributed by atoms with Crippen LogP contribution in [-0.4, -0.2) is 16.1 Å². The molecule has 1 aromatic heterocycles. The first-order valence-electron chi connectivity index (χ1n) is 5.04. The molecule has 0 aliphatic rings. The van der Waals surface area contributed by atoms with Gasteiger partial charge in [-0.1, -0.05) is 17.7 Å². The van der Waals surface area contributed by atoms with Crippen molar-refractivity contribution < 1.29 is 9.90 Å². The number of aromatic nitrogens is 1. The van der Waals surface area contributed by atoms with Crippen LogP contribution >= 0.6 is 11.6 Å². The number of benzene rings is 1. The van der Waals surface area contributed by atoms with Crippen LogP contribution in [0.2, 0.25) is 5.02 Å². The first kappa shape index (κ1) is 11.6. The Bertz CT molecular complexity index is 620. The zero-order chi connectivity index (χ0) is 12.4. The molecule has 1 N–H and O–H groups in total. The highest BCUT2D eigenvalue weighted by Gasteiger charge is 2.02. The lowest BCUT2D eigenvalue weighted by atomic mass is 10.1. The zero-order valence-corrected chi connectivity index (χ0v) is 9.90. The molecule has 0 atom stereocenters. The molecule has 3 nitrogen and oxygen atoms in total. The van der Waals surface area contributed by atoms with Crippen LogP contribution in [0.5, 0.6) is 0 Å². The molecule has 0 spiro atoms. The summed E-state index contributed by atoms with van der Waals surface area (Å²) in [6.07, 6.45) is 2.54. The number of nitrogens with zero attached hydrogens (tertiary/aromatic N) is 1. The highest BCUT2D eigenvalue weighted by atomic mass is 35.5. The van der Waals surface area contributed by atoms with Gasteiger partial charge >= 0.3 is 5.97 Å². The minimum atomic E-state index is -0.990. The van der Waals surface area contributed by atoms with Gasteiger partial charge in [0.15, 0.2) is 0 Å². The molecule has 0 saturated carbocycles. The Balaban J connectivity index is 2.57. The number of hydrogen-bond donors (Lipinski definition) is 1. The smallest absolute Gasteiger partial charge is 0.328 e. The van der Waals surface area contributed by atoms with Gasteiger partial charge in [0.25, 0.3) is 0 Å². The van der Waals surface area contributed by atoms with E-state index in [2.05, 4.69) is 4.98 Å². The number of rotatable bonds is 2. The molecule has 0 radical (unpaired) electrons. The molecule has 1 aromatic carbocycles. The molecule has 0 unspecified atom stereocenters. The number of halogens is 1.